The molecule has 24 heavy (non-hydrogen) atoms. The molecule has 0 saturated carbocycles. The number of hydrogen-bond acceptors (Lipinski definition) is 6. The van der Waals surface area contributed by atoms with E-state index >= 15 is 0 Å². The summed E-state index contributed by atoms with van der Waals surface area (Å²) in [6.45, 7) is 3.47. The number of ether oxygens (including phenoxy) is 2. The van der Waals surface area contributed by atoms with Crippen molar-refractivity contribution in [3.05, 3.63) is 47.5 Å². The molecule has 0 aromatic heterocycles. The van der Waals surface area contributed by atoms with Crippen LogP contribution >= 0.6 is 0 Å². The zero-order valence-electron chi connectivity index (χ0n) is 14.1. The molecule has 0 heterocycles. The zero-order chi connectivity index (χ0) is 17.7. The predicted molar refractivity (Wildman–Crippen MR) is 93.7 cm³/mol. The molecule has 0 fully saturated rings. The van der Waals surface area contributed by atoms with Gasteiger partial charge in [-0.05, 0) is 50.2 Å². The lowest BCUT2D eigenvalue weighted by Crippen LogP contribution is -1.99. The summed E-state index contributed by atoms with van der Waals surface area (Å²) in [7, 11) is 3.10. The smallest absolute Gasteiger partial charge is 0.124 e. The first kappa shape index (κ1) is 17.3. The second-order valence-corrected chi connectivity index (χ2v) is 5.14. The maximum Gasteiger partial charge on any atom is 0.124 e. The van der Waals surface area contributed by atoms with E-state index in [9.17, 15) is 10.2 Å². The second kappa shape index (κ2) is 7.50. The van der Waals surface area contributed by atoms with E-state index in [4.69, 9.17) is 9.47 Å². The molecule has 0 radical (unpaired) electrons. The van der Waals surface area contributed by atoms with E-state index in [-0.39, 0.29) is 11.5 Å². The molecule has 0 unspecified atom stereocenters. The van der Waals surface area contributed by atoms with Crippen LogP contribution in [-0.2, 0) is 0 Å². The third kappa shape index (κ3) is 3.84. The fraction of sp³-hybridized carbons (Fsp3) is 0.222. The quantitative estimate of drug-likeness (QED) is 0.651. The summed E-state index contributed by atoms with van der Waals surface area (Å²) < 4.78 is 10.3. The van der Waals surface area contributed by atoms with Crippen molar-refractivity contribution >= 4 is 11.4 Å². The summed E-state index contributed by atoms with van der Waals surface area (Å²) in [6, 6.07) is 9.77. The van der Waals surface area contributed by atoms with Gasteiger partial charge >= 0.3 is 0 Å². The molecule has 0 spiro atoms. The van der Waals surface area contributed by atoms with Gasteiger partial charge in [0.15, 0.2) is 0 Å². The fourth-order valence-corrected chi connectivity index (χ4v) is 2.12. The molecule has 0 amide bonds. The third-order valence-corrected chi connectivity index (χ3v) is 3.54. The molecule has 2 rings (SSSR count). The predicted octanol–water partition coefficient (Wildman–Crippen LogP) is 3.35. The summed E-state index contributed by atoms with van der Waals surface area (Å²) in [5.74, 6) is 1.41. The lowest BCUT2D eigenvalue weighted by molar-refractivity contribution is 0.412. The van der Waals surface area contributed by atoms with Crippen LogP contribution < -0.4 is 9.47 Å². The largest absolute Gasteiger partial charge is 0.507 e. The van der Waals surface area contributed by atoms with Crippen LogP contribution in [0.15, 0.2) is 46.6 Å². The Balaban J connectivity index is 2.36. The Labute approximate surface area is 140 Å². The molecule has 0 bridgehead atoms. The highest BCUT2D eigenvalue weighted by atomic mass is 16.5. The number of nitrogens with zero attached hydrogens (tertiary/aromatic N) is 2. The van der Waals surface area contributed by atoms with Crippen molar-refractivity contribution in [2.45, 2.75) is 13.8 Å². The van der Waals surface area contributed by atoms with Gasteiger partial charge in [0, 0.05) is 11.1 Å². The summed E-state index contributed by atoms with van der Waals surface area (Å²) in [5.41, 5.74) is 2.10. The molecule has 126 valence electrons. The number of phenols is 2. The SMILES string of the molecule is COc1ccc(O)c(/C(C)=N/N=C(\C)c2cc(OC)ccc2O)c1. The third-order valence-electron chi connectivity index (χ3n) is 3.54. The standard InChI is InChI=1S/C18H20N2O4/c1-11(15-9-13(23-3)5-7-17(15)21)19-20-12(2)16-10-14(24-4)6-8-18(16)22/h5-10,21-22H,1-4H3/b19-11+,20-12+. The topological polar surface area (TPSA) is 83.6 Å². The van der Waals surface area contributed by atoms with E-state index in [1.165, 1.54) is 12.1 Å². The van der Waals surface area contributed by atoms with Crippen LogP contribution in [0, 0.1) is 0 Å². The minimum atomic E-state index is 0.0918. The summed E-state index contributed by atoms with van der Waals surface area (Å²) in [5, 5.41) is 28.2. The number of phenolic OH excluding ortho intramolecular Hbond substituents is 2. The van der Waals surface area contributed by atoms with Crippen molar-refractivity contribution in [1.29, 1.82) is 0 Å². The normalized spacial score (nSPS) is 12.2. The minimum Gasteiger partial charge on any atom is -0.507 e. The summed E-state index contributed by atoms with van der Waals surface area (Å²) in [6.07, 6.45) is 0. The van der Waals surface area contributed by atoms with Gasteiger partial charge in [-0.3, -0.25) is 0 Å². The Morgan fingerprint density at radius 3 is 1.46 bits per heavy atom. The first-order valence-electron chi connectivity index (χ1n) is 7.30. The number of methoxy groups -OCH3 is 2. The molecule has 0 aliphatic carbocycles. The van der Waals surface area contributed by atoms with Crippen LogP contribution in [0.2, 0.25) is 0 Å². The van der Waals surface area contributed by atoms with Crippen molar-refractivity contribution in [3.63, 3.8) is 0 Å². The van der Waals surface area contributed by atoms with Gasteiger partial charge in [-0.15, -0.1) is 0 Å². The lowest BCUT2D eigenvalue weighted by Gasteiger charge is -2.07. The van der Waals surface area contributed by atoms with E-state index in [0.717, 1.165) is 0 Å². The molecule has 2 N–H and O–H groups in total. The first-order chi connectivity index (χ1) is 11.5. The summed E-state index contributed by atoms with van der Waals surface area (Å²) in [4.78, 5) is 0. The summed E-state index contributed by atoms with van der Waals surface area (Å²) >= 11 is 0. The molecule has 0 saturated heterocycles. The molecule has 0 atom stereocenters. The first-order valence-corrected chi connectivity index (χ1v) is 7.30. The van der Waals surface area contributed by atoms with E-state index in [1.54, 1.807) is 52.3 Å². The highest BCUT2D eigenvalue weighted by Gasteiger charge is 2.09. The van der Waals surface area contributed by atoms with Gasteiger partial charge in [-0.25, -0.2) is 0 Å². The van der Waals surface area contributed by atoms with Crippen LogP contribution in [0.5, 0.6) is 23.0 Å². The highest BCUT2D eigenvalue weighted by Crippen LogP contribution is 2.25. The Morgan fingerprint density at radius 2 is 1.12 bits per heavy atom. The minimum absolute atomic E-state index is 0.0918. The molecular formula is C18H20N2O4. The van der Waals surface area contributed by atoms with Gasteiger partial charge in [-0.1, -0.05) is 0 Å². The zero-order valence-corrected chi connectivity index (χ0v) is 14.1. The van der Waals surface area contributed by atoms with E-state index < -0.39 is 0 Å². The van der Waals surface area contributed by atoms with Crippen molar-refractivity contribution < 1.29 is 19.7 Å². The molecule has 6 nitrogen and oxygen atoms in total. The van der Waals surface area contributed by atoms with Gasteiger partial charge in [-0.2, -0.15) is 10.2 Å². The molecule has 2 aromatic carbocycles. The van der Waals surface area contributed by atoms with Crippen LogP contribution in [0.1, 0.15) is 25.0 Å². The van der Waals surface area contributed by atoms with Crippen molar-refractivity contribution in [2.75, 3.05) is 14.2 Å². The molecule has 6 heteroatoms. The monoisotopic (exact) mass is 328 g/mol. The van der Waals surface area contributed by atoms with Gasteiger partial charge in [0.25, 0.3) is 0 Å². The van der Waals surface area contributed by atoms with Gasteiger partial charge < -0.3 is 19.7 Å². The van der Waals surface area contributed by atoms with Gasteiger partial charge in [0.05, 0.1) is 25.6 Å². The molecule has 0 aliphatic rings. The number of rotatable bonds is 5. The molecule has 2 aromatic rings. The van der Waals surface area contributed by atoms with Crippen LogP contribution in [0.3, 0.4) is 0 Å². The average Bonchev–Trinajstić information content (AvgIpc) is 2.60. The fourth-order valence-electron chi connectivity index (χ4n) is 2.12. The van der Waals surface area contributed by atoms with Crippen molar-refractivity contribution in [3.8, 4) is 23.0 Å². The Hall–Kier alpha value is -3.02. The van der Waals surface area contributed by atoms with Gasteiger partial charge in [0.1, 0.15) is 23.0 Å². The maximum atomic E-state index is 9.95. The Kier molecular flexibility index (Phi) is 5.42. The van der Waals surface area contributed by atoms with Crippen LogP contribution in [0.4, 0.5) is 0 Å². The Bertz CT molecular complexity index is 730. The maximum absolute atomic E-state index is 9.95. The Morgan fingerprint density at radius 1 is 0.750 bits per heavy atom. The van der Waals surface area contributed by atoms with Crippen LogP contribution in [-0.4, -0.2) is 35.9 Å². The van der Waals surface area contributed by atoms with E-state index in [1.807, 2.05) is 0 Å². The van der Waals surface area contributed by atoms with Gasteiger partial charge in [0.2, 0.25) is 0 Å². The lowest BCUT2D eigenvalue weighted by atomic mass is 10.1. The molecular weight excluding hydrogens is 308 g/mol. The van der Waals surface area contributed by atoms with Crippen molar-refractivity contribution in [2.24, 2.45) is 10.2 Å². The van der Waals surface area contributed by atoms with E-state index in [2.05, 4.69) is 10.2 Å². The molecule has 0 aliphatic heterocycles. The highest BCUT2D eigenvalue weighted by molar-refractivity contribution is 6.04. The number of benzene rings is 2. The average molecular weight is 328 g/mol. The van der Waals surface area contributed by atoms with E-state index in [0.29, 0.717) is 34.0 Å². The second-order valence-electron chi connectivity index (χ2n) is 5.14. The number of aromatic hydroxyl groups is 2. The van der Waals surface area contributed by atoms with Crippen molar-refractivity contribution in [1.82, 2.24) is 0 Å². The van der Waals surface area contributed by atoms with Crippen LogP contribution in [0.25, 0.3) is 0 Å². The number of hydrogen-bond donors (Lipinski definition) is 2.